The summed E-state index contributed by atoms with van der Waals surface area (Å²) in [5.74, 6) is 0.553. The lowest BCUT2D eigenvalue weighted by atomic mass is 10.1. The molecule has 1 N–H and O–H groups in total. The van der Waals surface area contributed by atoms with Crippen molar-refractivity contribution in [2.45, 2.75) is 6.54 Å². The number of fused-ring (bicyclic) bond motifs is 1. The van der Waals surface area contributed by atoms with Gasteiger partial charge in [0.05, 0.1) is 23.3 Å². The van der Waals surface area contributed by atoms with Crippen molar-refractivity contribution in [1.82, 2.24) is 0 Å². The van der Waals surface area contributed by atoms with Gasteiger partial charge in [-0.25, -0.2) is 4.57 Å². The number of methoxy groups -OCH3 is 1. The molecule has 154 valence electrons. The maximum atomic E-state index is 12.7. The fourth-order valence-corrected chi connectivity index (χ4v) is 3.36. The molecule has 7 heteroatoms. The van der Waals surface area contributed by atoms with Crippen LogP contribution < -0.4 is 14.6 Å². The zero-order valence-corrected chi connectivity index (χ0v) is 16.8. The Hall–Kier alpha value is -4.26. The Morgan fingerprint density at radius 3 is 2.45 bits per heavy atom. The van der Waals surface area contributed by atoms with Gasteiger partial charge in [-0.2, -0.15) is 0 Å². The van der Waals surface area contributed by atoms with Gasteiger partial charge < -0.3 is 10.1 Å². The van der Waals surface area contributed by atoms with Crippen molar-refractivity contribution in [3.05, 3.63) is 106 Å². The third kappa shape index (κ3) is 4.51. The van der Waals surface area contributed by atoms with E-state index in [4.69, 9.17) is 4.74 Å². The maximum absolute atomic E-state index is 12.7. The second kappa shape index (κ2) is 8.62. The van der Waals surface area contributed by atoms with Crippen LogP contribution in [0, 0.1) is 10.1 Å². The number of hydrogen-bond donors (Lipinski definition) is 1. The molecular weight excluding hydrogens is 394 g/mol. The monoisotopic (exact) mass is 414 g/mol. The van der Waals surface area contributed by atoms with E-state index in [2.05, 4.69) is 5.32 Å². The lowest BCUT2D eigenvalue weighted by molar-refractivity contribution is -0.688. The van der Waals surface area contributed by atoms with Crippen LogP contribution in [-0.4, -0.2) is 17.9 Å². The number of nitro groups is 1. The molecule has 0 unspecified atom stereocenters. The summed E-state index contributed by atoms with van der Waals surface area (Å²) >= 11 is 0. The number of benzene rings is 3. The van der Waals surface area contributed by atoms with Crippen molar-refractivity contribution in [2.24, 2.45) is 0 Å². The molecule has 0 spiro atoms. The first-order valence-corrected chi connectivity index (χ1v) is 9.64. The lowest BCUT2D eigenvalue weighted by Gasteiger charge is -2.07. The molecular formula is C24H20N3O4+. The molecule has 1 amide bonds. The number of anilines is 1. The van der Waals surface area contributed by atoms with Crippen LogP contribution in [0.15, 0.2) is 85.2 Å². The highest BCUT2D eigenvalue weighted by molar-refractivity contribution is 6.06. The topological polar surface area (TPSA) is 85.3 Å². The van der Waals surface area contributed by atoms with Crippen LogP contribution in [0.2, 0.25) is 0 Å². The van der Waals surface area contributed by atoms with Crippen molar-refractivity contribution < 1.29 is 19.0 Å². The zero-order chi connectivity index (χ0) is 21.8. The van der Waals surface area contributed by atoms with Crippen molar-refractivity contribution in [3.8, 4) is 5.75 Å². The molecule has 0 saturated heterocycles. The summed E-state index contributed by atoms with van der Waals surface area (Å²) in [4.78, 5) is 23.5. The van der Waals surface area contributed by atoms with Crippen LogP contribution in [-0.2, 0) is 6.54 Å². The quantitative estimate of drug-likeness (QED) is 0.289. The van der Waals surface area contributed by atoms with Gasteiger partial charge in [-0.3, -0.25) is 14.9 Å². The van der Waals surface area contributed by atoms with Crippen molar-refractivity contribution in [1.29, 1.82) is 0 Å². The number of ether oxygens (including phenoxy) is 1. The minimum absolute atomic E-state index is 0.0845. The second-order valence-electron chi connectivity index (χ2n) is 7.03. The van der Waals surface area contributed by atoms with E-state index in [1.54, 1.807) is 55.9 Å². The molecule has 31 heavy (non-hydrogen) atoms. The summed E-state index contributed by atoms with van der Waals surface area (Å²) < 4.78 is 7.05. The fraction of sp³-hybridized carbons (Fsp3) is 0.0833. The second-order valence-corrected chi connectivity index (χ2v) is 7.03. The van der Waals surface area contributed by atoms with E-state index in [1.807, 2.05) is 34.9 Å². The highest BCUT2D eigenvalue weighted by Gasteiger charge is 2.16. The summed E-state index contributed by atoms with van der Waals surface area (Å²) in [6.07, 6.45) is 3.55. The number of carbonyl (C=O) groups is 1. The number of hydrogen-bond acceptors (Lipinski definition) is 4. The SMILES string of the molecule is COc1ccc2cc(C(=O)Nc3cc[n+](Cc4ccccc4[N+](=O)[O-])cc3)ccc2c1. The molecule has 0 bridgehead atoms. The van der Waals surface area contributed by atoms with E-state index in [0.29, 0.717) is 23.4 Å². The number of para-hydroxylation sites is 1. The minimum atomic E-state index is -0.385. The van der Waals surface area contributed by atoms with Crippen molar-refractivity contribution in [2.75, 3.05) is 12.4 Å². The predicted molar refractivity (Wildman–Crippen MR) is 117 cm³/mol. The largest absolute Gasteiger partial charge is 0.497 e. The number of nitrogens with one attached hydrogen (secondary N) is 1. The number of rotatable bonds is 6. The third-order valence-corrected chi connectivity index (χ3v) is 5.00. The highest BCUT2D eigenvalue weighted by Crippen LogP contribution is 2.22. The number of amides is 1. The molecule has 4 rings (SSSR count). The first-order chi connectivity index (χ1) is 15.0. The Labute approximate surface area is 178 Å². The Bertz CT molecular complexity index is 1270. The van der Waals surface area contributed by atoms with E-state index < -0.39 is 0 Å². The Balaban J connectivity index is 1.47. The van der Waals surface area contributed by atoms with E-state index in [-0.39, 0.29) is 16.5 Å². The van der Waals surface area contributed by atoms with Gasteiger partial charge >= 0.3 is 0 Å². The number of nitro benzene ring substituents is 1. The van der Waals surface area contributed by atoms with Crippen LogP contribution in [0.25, 0.3) is 10.8 Å². The molecule has 0 atom stereocenters. The van der Waals surface area contributed by atoms with Crippen LogP contribution in [0.1, 0.15) is 15.9 Å². The predicted octanol–water partition coefficient (Wildman–Crippen LogP) is 4.34. The van der Waals surface area contributed by atoms with Crippen molar-refractivity contribution >= 4 is 28.1 Å². The molecule has 0 aliphatic rings. The molecule has 0 saturated carbocycles. The van der Waals surface area contributed by atoms with Crippen LogP contribution >= 0.6 is 0 Å². The minimum Gasteiger partial charge on any atom is -0.497 e. The maximum Gasteiger partial charge on any atom is 0.278 e. The van der Waals surface area contributed by atoms with E-state index in [1.165, 1.54) is 6.07 Å². The molecule has 0 radical (unpaired) electrons. The molecule has 7 nitrogen and oxygen atoms in total. The summed E-state index contributed by atoms with van der Waals surface area (Å²) in [5, 5.41) is 16.0. The first-order valence-electron chi connectivity index (χ1n) is 9.64. The average molecular weight is 414 g/mol. The van der Waals surface area contributed by atoms with Gasteiger partial charge in [0, 0.05) is 23.8 Å². The molecule has 1 heterocycles. The van der Waals surface area contributed by atoms with Crippen molar-refractivity contribution in [3.63, 3.8) is 0 Å². The summed E-state index contributed by atoms with van der Waals surface area (Å²) in [5.41, 5.74) is 1.89. The van der Waals surface area contributed by atoms with Gasteiger partial charge in [-0.15, -0.1) is 0 Å². The summed E-state index contributed by atoms with van der Waals surface area (Å²) in [7, 11) is 1.62. The highest BCUT2D eigenvalue weighted by atomic mass is 16.6. The first kappa shape index (κ1) is 20.0. The Morgan fingerprint density at radius 1 is 1.00 bits per heavy atom. The van der Waals surface area contributed by atoms with Crippen LogP contribution in [0.5, 0.6) is 5.75 Å². The van der Waals surface area contributed by atoms with E-state index >= 15 is 0 Å². The van der Waals surface area contributed by atoms with Gasteiger partial charge in [-0.05, 0) is 41.1 Å². The van der Waals surface area contributed by atoms with Gasteiger partial charge in [0.2, 0.25) is 0 Å². The fourth-order valence-electron chi connectivity index (χ4n) is 3.36. The summed E-state index contributed by atoms with van der Waals surface area (Å²) in [6, 6.07) is 21.4. The smallest absolute Gasteiger partial charge is 0.278 e. The molecule has 4 aromatic rings. The van der Waals surface area contributed by atoms with Gasteiger partial charge in [-0.1, -0.05) is 24.3 Å². The van der Waals surface area contributed by atoms with E-state index in [9.17, 15) is 14.9 Å². The van der Waals surface area contributed by atoms with Crippen LogP contribution in [0.4, 0.5) is 11.4 Å². The lowest BCUT2D eigenvalue weighted by Crippen LogP contribution is -2.33. The number of nitrogens with zero attached hydrogens (tertiary/aromatic N) is 2. The van der Waals surface area contributed by atoms with Gasteiger partial charge in [0.25, 0.3) is 11.6 Å². The average Bonchev–Trinajstić information content (AvgIpc) is 2.79. The zero-order valence-electron chi connectivity index (χ0n) is 16.8. The van der Waals surface area contributed by atoms with Gasteiger partial charge in [0.1, 0.15) is 5.75 Å². The van der Waals surface area contributed by atoms with Gasteiger partial charge in [0.15, 0.2) is 18.9 Å². The number of pyridine rings is 1. The Morgan fingerprint density at radius 2 is 1.71 bits per heavy atom. The molecule has 0 fully saturated rings. The standard InChI is InChI=1S/C24H19N3O4/c1-31-22-9-8-17-14-19(7-6-18(17)15-22)24(28)25-21-10-12-26(13-11-21)16-20-4-2-3-5-23(20)27(29)30/h2-15H,16H2,1H3/p+1. The third-order valence-electron chi connectivity index (χ3n) is 5.00. The Kier molecular flexibility index (Phi) is 5.57. The summed E-state index contributed by atoms with van der Waals surface area (Å²) in [6.45, 7) is 0.361. The van der Waals surface area contributed by atoms with Crippen LogP contribution in [0.3, 0.4) is 0 Å². The molecule has 3 aromatic carbocycles. The van der Waals surface area contributed by atoms with E-state index in [0.717, 1.165) is 16.5 Å². The normalized spacial score (nSPS) is 10.6. The number of aromatic nitrogens is 1. The molecule has 0 aliphatic heterocycles. The number of carbonyl (C=O) groups excluding carboxylic acids is 1. The molecule has 1 aromatic heterocycles. The molecule has 0 aliphatic carbocycles.